The number of hydrogen-bond acceptors (Lipinski definition) is 5. The number of hydroxylamine groups is 1. The first-order chi connectivity index (χ1) is 12.0. The van der Waals surface area contributed by atoms with Gasteiger partial charge in [-0.3, -0.25) is 0 Å². The summed E-state index contributed by atoms with van der Waals surface area (Å²) in [6, 6.07) is 15.9. The summed E-state index contributed by atoms with van der Waals surface area (Å²) in [5.41, 5.74) is 9.55. The summed E-state index contributed by atoms with van der Waals surface area (Å²) in [5, 5.41) is 7.13. The Morgan fingerprint density at radius 2 is 1.88 bits per heavy atom. The molecule has 0 aliphatic heterocycles. The molecule has 0 heterocycles. The third kappa shape index (κ3) is 6.23. The molecule has 3 N–H and O–H groups in total. The molecule has 7 nitrogen and oxygen atoms in total. The van der Waals surface area contributed by atoms with Gasteiger partial charge in [-0.15, -0.1) is 14.5 Å². The number of benzene rings is 2. The molecule has 25 heavy (non-hydrogen) atoms. The van der Waals surface area contributed by atoms with Gasteiger partial charge in [0.25, 0.3) is 0 Å². The van der Waals surface area contributed by atoms with Crippen LogP contribution in [-0.2, 0) is 20.8 Å². The lowest BCUT2D eigenvalue weighted by Gasteiger charge is -2.05. The van der Waals surface area contributed by atoms with Crippen molar-refractivity contribution in [3.8, 4) is 0 Å². The Balaban J connectivity index is 1.88. The largest absolute Gasteiger partial charge is 0.367 e. The zero-order valence-corrected chi connectivity index (χ0v) is 14.4. The van der Waals surface area contributed by atoms with E-state index in [4.69, 9.17) is 5.73 Å². The van der Waals surface area contributed by atoms with Crippen molar-refractivity contribution >= 4 is 21.9 Å². The van der Waals surface area contributed by atoms with Crippen LogP contribution in [0.1, 0.15) is 11.1 Å². The number of nitrogens with two attached hydrogens (primary N) is 1. The van der Waals surface area contributed by atoms with Crippen molar-refractivity contribution in [1.29, 1.82) is 0 Å². The molecule has 0 aliphatic rings. The Hall–Kier alpha value is -2.93. The Labute approximate surface area is 146 Å². The monoisotopic (exact) mass is 358 g/mol. The molecular formula is C17H18N4O3S. The van der Waals surface area contributed by atoms with Gasteiger partial charge in [-0.25, -0.2) is 5.48 Å². The number of allylic oxidation sites excluding steroid dienone is 1. The molecular weight excluding hydrogens is 340 g/mol. The number of nitrogens with zero attached hydrogens (tertiary/aromatic N) is 2. The topological polar surface area (TPSA) is 106 Å². The molecule has 0 radical (unpaired) electrons. The van der Waals surface area contributed by atoms with E-state index in [1.165, 1.54) is 12.1 Å². The number of guanidine groups is 1. The van der Waals surface area contributed by atoms with Gasteiger partial charge in [0.05, 0.1) is 4.90 Å². The van der Waals surface area contributed by atoms with Crippen LogP contribution in [0.4, 0.5) is 0 Å². The Morgan fingerprint density at radius 1 is 1.20 bits per heavy atom. The molecule has 0 bridgehead atoms. The van der Waals surface area contributed by atoms with Crippen LogP contribution in [0.2, 0.25) is 0 Å². The predicted molar refractivity (Wildman–Crippen MR) is 96.4 cm³/mol. The van der Waals surface area contributed by atoms with E-state index in [9.17, 15) is 8.42 Å². The van der Waals surface area contributed by atoms with Crippen molar-refractivity contribution in [1.82, 2.24) is 5.48 Å². The number of rotatable bonds is 6. The highest BCUT2D eigenvalue weighted by atomic mass is 32.2. The van der Waals surface area contributed by atoms with Crippen LogP contribution in [0.15, 0.2) is 75.8 Å². The highest BCUT2D eigenvalue weighted by Gasteiger charge is 2.15. The first kappa shape index (κ1) is 18.4. The maximum absolute atomic E-state index is 11.9. The van der Waals surface area contributed by atoms with Gasteiger partial charge in [-0.2, -0.15) is 8.42 Å². The molecule has 0 spiro atoms. The van der Waals surface area contributed by atoms with Crippen molar-refractivity contribution in [2.24, 2.45) is 15.9 Å². The van der Waals surface area contributed by atoms with Crippen LogP contribution in [-0.4, -0.2) is 20.2 Å². The summed E-state index contributed by atoms with van der Waals surface area (Å²) in [7, 11) is -3.99. The first-order valence-corrected chi connectivity index (χ1v) is 8.78. The second kappa shape index (κ2) is 8.79. The van der Waals surface area contributed by atoms with E-state index < -0.39 is 10.1 Å². The molecule has 2 aromatic carbocycles. The summed E-state index contributed by atoms with van der Waals surface area (Å²) < 4.78 is 28.5. The summed E-state index contributed by atoms with van der Waals surface area (Å²) in [5.74, 6) is 2.28. The molecule has 0 fully saturated rings. The van der Waals surface area contributed by atoms with Gasteiger partial charge >= 0.3 is 10.1 Å². The molecule has 0 amide bonds. The Morgan fingerprint density at radius 3 is 2.56 bits per heavy atom. The van der Waals surface area contributed by atoms with E-state index in [2.05, 4.69) is 20.4 Å². The van der Waals surface area contributed by atoms with Gasteiger partial charge in [0.2, 0.25) is 5.96 Å². The quantitative estimate of drug-likeness (QED) is 0.466. The van der Waals surface area contributed by atoms with Crippen molar-refractivity contribution in [2.75, 3.05) is 0 Å². The van der Waals surface area contributed by atoms with Crippen LogP contribution in [0.25, 0.3) is 0 Å². The van der Waals surface area contributed by atoms with Crippen molar-refractivity contribution in [3.63, 3.8) is 0 Å². The first-order valence-electron chi connectivity index (χ1n) is 7.38. The summed E-state index contributed by atoms with van der Waals surface area (Å²) in [6.45, 7) is 1.85. The maximum Gasteiger partial charge on any atom is 0.317 e. The second-order valence-corrected chi connectivity index (χ2v) is 6.61. The molecule has 2 rings (SSSR count). The van der Waals surface area contributed by atoms with Crippen molar-refractivity contribution < 1.29 is 12.7 Å². The van der Waals surface area contributed by atoms with E-state index >= 15 is 0 Å². The number of nitrogens with one attached hydrogen (secondary N) is 1. The zero-order chi connectivity index (χ0) is 18.1. The number of aryl methyl sites for hydroxylation is 1. The lowest BCUT2D eigenvalue weighted by molar-refractivity contribution is 0.266. The average molecular weight is 358 g/mol. The molecule has 0 saturated heterocycles. The Kier molecular flexibility index (Phi) is 6.47. The summed E-state index contributed by atoms with van der Waals surface area (Å²) in [4.78, 5) is 0.00431. The third-order valence-corrected chi connectivity index (χ3v) is 4.21. The third-order valence-electron chi connectivity index (χ3n) is 3.05. The lowest BCUT2D eigenvalue weighted by Crippen LogP contribution is -2.33. The van der Waals surface area contributed by atoms with Crippen LogP contribution >= 0.6 is 0 Å². The fraction of sp³-hybridized carbons (Fsp3) is 0.118. The van der Waals surface area contributed by atoms with E-state index in [0.717, 1.165) is 11.1 Å². The molecule has 0 atom stereocenters. The van der Waals surface area contributed by atoms with E-state index in [1.807, 2.05) is 42.7 Å². The molecule has 8 heteroatoms. The Bertz CT molecular complexity index is 885. The number of hydrogen-bond donors (Lipinski definition) is 2. The van der Waals surface area contributed by atoms with Gasteiger partial charge in [-0.05, 0) is 37.1 Å². The van der Waals surface area contributed by atoms with Gasteiger partial charge in [-0.1, -0.05) is 48.0 Å². The van der Waals surface area contributed by atoms with Crippen molar-refractivity contribution in [2.45, 2.75) is 18.2 Å². The van der Waals surface area contributed by atoms with Crippen molar-refractivity contribution in [3.05, 3.63) is 71.8 Å². The van der Waals surface area contributed by atoms with Crippen LogP contribution in [0.3, 0.4) is 0 Å². The van der Waals surface area contributed by atoms with Crippen LogP contribution < -0.4 is 11.2 Å². The highest BCUT2D eigenvalue weighted by Crippen LogP contribution is 2.11. The van der Waals surface area contributed by atoms with Gasteiger partial charge in [0, 0.05) is 5.87 Å². The SMILES string of the molecule is Cc1ccc(S(=O)(=O)ONC(N)=NN=C=CCc2ccccc2)cc1. The molecule has 0 aliphatic carbocycles. The standard InChI is InChI=1S/C17H18N4O3S/c1-14-9-11-16(12-10-14)25(22,23)24-21-17(18)20-19-13-5-8-15-6-3-2-4-7-15/h2-7,9-12H,8H2,1H3,(H3,18,20,21). The lowest BCUT2D eigenvalue weighted by atomic mass is 10.2. The molecule has 2 aromatic rings. The molecule has 0 saturated carbocycles. The molecule has 0 aromatic heterocycles. The van der Waals surface area contributed by atoms with Crippen LogP contribution in [0.5, 0.6) is 0 Å². The van der Waals surface area contributed by atoms with Gasteiger partial charge in [0.1, 0.15) is 0 Å². The minimum absolute atomic E-state index is 0.00431. The molecule has 0 unspecified atom stereocenters. The minimum Gasteiger partial charge on any atom is -0.367 e. The summed E-state index contributed by atoms with van der Waals surface area (Å²) in [6.07, 6.45) is 2.32. The van der Waals surface area contributed by atoms with Crippen LogP contribution in [0, 0.1) is 6.92 Å². The maximum atomic E-state index is 11.9. The fourth-order valence-electron chi connectivity index (χ4n) is 1.77. The van der Waals surface area contributed by atoms with Gasteiger partial charge in [0.15, 0.2) is 0 Å². The smallest absolute Gasteiger partial charge is 0.317 e. The predicted octanol–water partition coefficient (Wildman–Crippen LogP) is 1.90. The fourth-order valence-corrected chi connectivity index (χ4v) is 2.53. The minimum atomic E-state index is -3.99. The highest BCUT2D eigenvalue weighted by molar-refractivity contribution is 7.86. The van der Waals surface area contributed by atoms with E-state index in [-0.39, 0.29) is 10.9 Å². The average Bonchev–Trinajstić information content (AvgIpc) is 2.61. The summed E-state index contributed by atoms with van der Waals surface area (Å²) >= 11 is 0. The zero-order valence-electron chi connectivity index (χ0n) is 13.6. The second-order valence-electron chi connectivity index (χ2n) is 5.06. The van der Waals surface area contributed by atoms with E-state index in [1.54, 1.807) is 18.2 Å². The van der Waals surface area contributed by atoms with E-state index in [0.29, 0.717) is 6.42 Å². The normalized spacial score (nSPS) is 11.5. The molecule has 130 valence electrons. The van der Waals surface area contributed by atoms with Gasteiger partial charge < -0.3 is 5.73 Å².